The van der Waals surface area contributed by atoms with Crippen LogP contribution in [0.3, 0.4) is 0 Å². The molecule has 0 atom stereocenters. The van der Waals surface area contributed by atoms with Gasteiger partial charge in [0.15, 0.2) is 0 Å². The van der Waals surface area contributed by atoms with E-state index in [1.54, 1.807) is 42.5 Å². The smallest absolute Gasteiger partial charge is 0.265 e. The van der Waals surface area contributed by atoms with E-state index in [-0.39, 0.29) is 24.6 Å². The van der Waals surface area contributed by atoms with Gasteiger partial charge in [-0.25, -0.2) is 8.42 Å². The summed E-state index contributed by atoms with van der Waals surface area (Å²) in [6.07, 6.45) is 0. The van der Waals surface area contributed by atoms with Crippen LogP contribution < -0.4 is 14.4 Å². The molecule has 3 aromatic carbocycles. The van der Waals surface area contributed by atoms with E-state index >= 15 is 0 Å². The van der Waals surface area contributed by atoms with E-state index in [1.807, 2.05) is 32.0 Å². The molecule has 1 amide bonds. The molecule has 1 heterocycles. The van der Waals surface area contributed by atoms with E-state index in [2.05, 4.69) is 5.32 Å². The first-order chi connectivity index (χ1) is 15.3. The molecule has 0 fully saturated rings. The zero-order valence-electron chi connectivity index (χ0n) is 17.8. The van der Waals surface area contributed by atoms with Crippen molar-refractivity contribution < 1.29 is 17.9 Å². The highest BCUT2D eigenvalue weighted by molar-refractivity contribution is 7.93. The van der Waals surface area contributed by atoms with Crippen LogP contribution in [0.15, 0.2) is 65.6 Å². The second kappa shape index (κ2) is 8.84. The summed E-state index contributed by atoms with van der Waals surface area (Å²) in [5, 5.41) is 3.21. The number of aryl methyl sites for hydroxylation is 2. The van der Waals surface area contributed by atoms with Gasteiger partial charge in [-0.1, -0.05) is 48.0 Å². The summed E-state index contributed by atoms with van der Waals surface area (Å²) >= 11 is 6.05. The molecule has 166 valence electrons. The summed E-state index contributed by atoms with van der Waals surface area (Å²) in [5.41, 5.74) is 3.89. The van der Waals surface area contributed by atoms with Crippen molar-refractivity contribution in [3.8, 4) is 16.9 Å². The predicted octanol–water partition coefficient (Wildman–Crippen LogP) is 4.33. The van der Waals surface area contributed by atoms with Crippen LogP contribution in [0.2, 0.25) is 5.02 Å². The lowest BCUT2D eigenvalue weighted by molar-refractivity contribution is -0.119. The standard InChI is InChI=1S/C24H23ClN2O4S/c1-16-13-17(2)24-18-7-3-6-10-22(18)32(29,30)27(20(24)14-16)15-23(28)26-11-12-31-21-9-5-4-8-19(21)25/h3-10,13-14H,11-12,15H2,1-2H3,(H,26,28). The normalized spacial score (nSPS) is 13.8. The molecule has 1 aliphatic heterocycles. The van der Waals surface area contributed by atoms with Crippen molar-refractivity contribution in [2.75, 3.05) is 24.0 Å². The lowest BCUT2D eigenvalue weighted by Crippen LogP contribution is -2.43. The quantitative estimate of drug-likeness (QED) is 0.544. The molecule has 0 radical (unpaired) electrons. The Labute approximate surface area is 192 Å². The van der Waals surface area contributed by atoms with Crippen LogP contribution in [-0.2, 0) is 14.8 Å². The first-order valence-electron chi connectivity index (χ1n) is 10.2. The Morgan fingerprint density at radius 2 is 1.78 bits per heavy atom. The van der Waals surface area contributed by atoms with Crippen molar-refractivity contribution in [2.24, 2.45) is 0 Å². The Balaban J connectivity index is 1.53. The van der Waals surface area contributed by atoms with Gasteiger partial charge in [-0.15, -0.1) is 0 Å². The number of hydrogen-bond acceptors (Lipinski definition) is 4. The number of nitrogens with zero attached hydrogens (tertiary/aromatic N) is 1. The van der Waals surface area contributed by atoms with E-state index in [9.17, 15) is 13.2 Å². The average Bonchev–Trinajstić information content (AvgIpc) is 2.75. The third kappa shape index (κ3) is 4.18. The molecule has 8 heteroatoms. The zero-order valence-corrected chi connectivity index (χ0v) is 19.3. The van der Waals surface area contributed by atoms with Gasteiger partial charge in [-0.2, -0.15) is 0 Å². The van der Waals surface area contributed by atoms with Gasteiger partial charge in [0.05, 0.1) is 22.2 Å². The highest BCUT2D eigenvalue weighted by Gasteiger charge is 2.36. The molecule has 3 aromatic rings. The van der Waals surface area contributed by atoms with E-state index in [4.69, 9.17) is 16.3 Å². The zero-order chi connectivity index (χ0) is 22.9. The number of sulfonamides is 1. The number of carbonyl (C=O) groups excluding carboxylic acids is 1. The summed E-state index contributed by atoms with van der Waals surface area (Å²) in [6.45, 7) is 3.96. The molecule has 32 heavy (non-hydrogen) atoms. The second-order valence-corrected chi connectivity index (χ2v) is 9.85. The van der Waals surface area contributed by atoms with Crippen molar-refractivity contribution in [1.29, 1.82) is 0 Å². The largest absolute Gasteiger partial charge is 0.490 e. The van der Waals surface area contributed by atoms with Crippen LogP contribution in [0, 0.1) is 13.8 Å². The molecule has 1 aliphatic rings. The Hall–Kier alpha value is -3.03. The fraction of sp³-hybridized carbons (Fsp3) is 0.208. The maximum atomic E-state index is 13.4. The number of fused-ring (bicyclic) bond motifs is 3. The molecule has 0 aromatic heterocycles. The maximum absolute atomic E-state index is 13.4. The number of anilines is 1. The summed E-state index contributed by atoms with van der Waals surface area (Å²) in [4.78, 5) is 12.9. The highest BCUT2D eigenvalue weighted by Crippen LogP contribution is 2.45. The van der Waals surface area contributed by atoms with Gasteiger partial charge in [0.2, 0.25) is 5.91 Å². The first kappa shape index (κ1) is 22.2. The number of nitrogens with one attached hydrogen (secondary N) is 1. The number of para-hydroxylation sites is 1. The Kier molecular flexibility index (Phi) is 6.13. The van der Waals surface area contributed by atoms with Crippen LogP contribution in [0.1, 0.15) is 11.1 Å². The molecule has 6 nitrogen and oxygen atoms in total. The molecule has 0 spiro atoms. The van der Waals surface area contributed by atoms with Crippen LogP contribution >= 0.6 is 11.6 Å². The molecule has 0 unspecified atom stereocenters. The summed E-state index contributed by atoms with van der Waals surface area (Å²) < 4.78 is 33.5. The van der Waals surface area contributed by atoms with Gasteiger partial charge in [0, 0.05) is 11.1 Å². The van der Waals surface area contributed by atoms with Gasteiger partial charge in [-0.3, -0.25) is 9.10 Å². The van der Waals surface area contributed by atoms with Crippen LogP contribution in [-0.4, -0.2) is 34.0 Å². The highest BCUT2D eigenvalue weighted by atomic mass is 35.5. The minimum atomic E-state index is -3.88. The third-order valence-corrected chi connectivity index (χ3v) is 7.39. The maximum Gasteiger partial charge on any atom is 0.265 e. The minimum absolute atomic E-state index is 0.203. The van der Waals surface area contributed by atoms with Crippen molar-refractivity contribution in [1.82, 2.24) is 5.32 Å². The van der Waals surface area contributed by atoms with Gasteiger partial charge >= 0.3 is 0 Å². The molecule has 0 saturated heterocycles. The molecule has 0 aliphatic carbocycles. The van der Waals surface area contributed by atoms with Crippen LogP contribution in [0.25, 0.3) is 11.1 Å². The van der Waals surface area contributed by atoms with Crippen molar-refractivity contribution >= 4 is 33.2 Å². The SMILES string of the molecule is Cc1cc(C)c2c(c1)N(CC(=O)NCCOc1ccccc1Cl)S(=O)(=O)c1ccccc1-2. The van der Waals surface area contributed by atoms with Gasteiger partial charge in [-0.05, 0) is 49.2 Å². The molecule has 4 rings (SSSR count). The number of carbonyl (C=O) groups is 1. The lowest BCUT2D eigenvalue weighted by atomic mass is 9.96. The number of halogens is 1. The van der Waals surface area contributed by atoms with Gasteiger partial charge in [0.1, 0.15) is 18.9 Å². The number of benzene rings is 3. The van der Waals surface area contributed by atoms with Gasteiger partial charge in [0.25, 0.3) is 10.0 Å². The number of hydrogen-bond donors (Lipinski definition) is 1. The lowest BCUT2D eigenvalue weighted by Gasteiger charge is -2.33. The molecule has 0 saturated carbocycles. The fourth-order valence-corrected chi connectivity index (χ4v) is 5.72. The molecule has 1 N–H and O–H groups in total. The second-order valence-electron chi connectivity index (χ2n) is 7.61. The summed E-state index contributed by atoms with van der Waals surface area (Å²) in [6, 6.07) is 17.8. The molecule has 0 bridgehead atoms. The predicted molar refractivity (Wildman–Crippen MR) is 126 cm³/mol. The number of ether oxygens (including phenoxy) is 1. The molecular weight excluding hydrogens is 448 g/mol. The van der Waals surface area contributed by atoms with Gasteiger partial charge < -0.3 is 10.1 Å². The summed E-state index contributed by atoms with van der Waals surface area (Å²) in [5.74, 6) is 0.110. The Morgan fingerprint density at radius 1 is 1.06 bits per heavy atom. The van der Waals surface area contributed by atoms with E-state index < -0.39 is 15.9 Å². The van der Waals surface area contributed by atoms with Crippen molar-refractivity contribution in [2.45, 2.75) is 18.7 Å². The first-order valence-corrected chi connectivity index (χ1v) is 12.0. The van der Waals surface area contributed by atoms with E-state index in [0.29, 0.717) is 22.0 Å². The van der Waals surface area contributed by atoms with E-state index in [1.165, 1.54) is 4.31 Å². The third-order valence-electron chi connectivity index (χ3n) is 5.26. The molecular formula is C24H23ClN2O4S. The number of amides is 1. The van der Waals surface area contributed by atoms with Crippen molar-refractivity contribution in [3.05, 3.63) is 76.8 Å². The average molecular weight is 471 g/mol. The van der Waals surface area contributed by atoms with E-state index in [0.717, 1.165) is 16.7 Å². The van der Waals surface area contributed by atoms with Crippen LogP contribution in [0.4, 0.5) is 5.69 Å². The number of rotatable bonds is 6. The Morgan fingerprint density at radius 3 is 2.56 bits per heavy atom. The summed E-state index contributed by atoms with van der Waals surface area (Å²) in [7, 11) is -3.88. The van der Waals surface area contributed by atoms with Crippen molar-refractivity contribution in [3.63, 3.8) is 0 Å². The van der Waals surface area contributed by atoms with Crippen LogP contribution in [0.5, 0.6) is 5.75 Å². The monoisotopic (exact) mass is 470 g/mol. The fourth-order valence-electron chi connectivity index (χ4n) is 3.91. The minimum Gasteiger partial charge on any atom is -0.490 e. The topological polar surface area (TPSA) is 75.7 Å². The Bertz CT molecular complexity index is 1290.